The minimum Gasteiger partial charge on any atom is -0.373 e. The molecule has 0 aliphatic heterocycles. The lowest BCUT2D eigenvalue weighted by atomic mass is 10.2. The van der Waals surface area contributed by atoms with Crippen molar-refractivity contribution in [2.45, 2.75) is 39.7 Å². The Hall–Kier alpha value is -1.16. The van der Waals surface area contributed by atoms with Crippen LogP contribution in [0, 0.1) is 19.8 Å². The topological polar surface area (TPSA) is 47.0 Å². The first-order valence-electron chi connectivity index (χ1n) is 6.31. The Morgan fingerprint density at radius 1 is 1.35 bits per heavy atom. The molecule has 1 N–H and O–H groups in total. The number of anilines is 1. The highest BCUT2D eigenvalue weighted by molar-refractivity contribution is 5.45. The minimum absolute atomic E-state index is 0.0754. The highest BCUT2D eigenvalue weighted by Crippen LogP contribution is 2.42. The van der Waals surface area contributed by atoms with Crippen LogP contribution in [0.25, 0.3) is 0 Å². The molecule has 1 atom stereocenters. The van der Waals surface area contributed by atoms with E-state index in [9.17, 15) is 0 Å². The van der Waals surface area contributed by atoms with E-state index >= 15 is 0 Å². The third-order valence-electron chi connectivity index (χ3n) is 3.29. The van der Waals surface area contributed by atoms with E-state index in [1.807, 2.05) is 27.8 Å². The van der Waals surface area contributed by atoms with Crippen molar-refractivity contribution in [3.63, 3.8) is 0 Å². The summed E-state index contributed by atoms with van der Waals surface area (Å²) >= 11 is 0. The number of hydrogen-bond donors (Lipinski definition) is 1. The first kappa shape index (κ1) is 12.3. The van der Waals surface area contributed by atoms with Crippen LogP contribution >= 0.6 is 0 Å². The highest BCUT2D eigenvalue weighted by atomic mass is 16.5. The average molecular weight is 235 g/mol. The van der Waals surface area contributed by atoms with E-state index in [-0.39, 0.29) is 6.10 Å². The molecule has 1 heterocycles. The van der Waals surface area contributed by atoms with E-state index in [2.05, 4.69) is 15.3 Å². The zero-order valence-corrected chi connectivity index (χ0v) is 11.1. The van der Waals surface area contributed by atoms with E-state index < -0.39 is 0 Å². The van der Waals surface area contributed by atoms with Crippen molar-refractivity contribution in [1.82, 2.24) is 9.97 Å². The quantitative estimate of drug-likeness (QED) is 0.852. The van der Waals surface area contributed by atoms with Gasteiger partial charge in [-0.1, -0.05) is 0 Å². The van der Waals surface area contributed by atoms with Gasteiger partial charge in [-0.2, -0.15) is 0 Å². The molecule has 1 aliphatic carbocycles. The summed E-state index contributed by atoms with van der Waals surface area (Å²) in [5.41, 5.74) is 2.15. The van der Waals surface area contributed by atoms with Gasteiger partial charge in [-0.15, -0.1) is 0 Å². The molecule has 1 aromatic rings. The van der Waals surface area contributed by atoms with Gasteiger partial charge in [-0.3, -0.25) is 0 Å². The highest BCUT2D eigenvalue weighted by Gasteiger charge is 2.35. The molecule has 17 heavy (non-hydrogen) atoms. The summed E-state index contributed by atoms with van der Waals surface area (Å²) in [6.07, 6.45) is 2.54. The molecule has 0 radical (unpaired) electrons. The molecule has 94 valence electrons. The first-order chi connectivity index (χ1) is 8.17. The molecule has 2 rings (SSSR count). The molecule has 0 saturated heterocycles. The van der Waals surface area contributed by atoms with Gasteiger partial charge in [0.1, 0.15) is 11.9 Å². The number of hydrogen-bond acceptors (Lipinski definition) is 4. The van der Waals surface area contributed by atoms with E-state index in [1.54, 1.807) is 0 Å². The number of aryl methyl sites for hydroxylation is 1. The maximum Gasteiger partial charge on any atom is 0.160 e. The molecule has 1 fully saturated rings. The second-order valence-electron chi connectivity index (χ2n) is 4.60. The molecule has 0 spiro atoms. The van der Waals surface area contributed by atoms with Gasteiger partial charge in [0, 0.05) is 24.9 Å². The average Bonchev–Trinajstić information content (AvgIpc) is 3.13. The molecule has 1 unspecified atom stereocenters. The molecular formula is C13H21N3O. The molecule has 1 saturated carbocycles. The second-order valence-corrected chi connectivity index (χ2v) is 4.60. The number of rotatable bonds is 5. The van der Waals surface area contributed by atoms with Crippen LogP contribution in [0.2, 0.25) is 0 Å². The normalized spacial score (nSPS) is 16.9. The zero-order valence-electron chi connectivity index (χ0n) is 11.1. The van der Waals surface area contributed by atoms with Crippen LogP contribution in [0.3, 0.4) is 0 Å². The number of nitrogens with one attached hydrogen (secondary N) is 1. The van der Waals surface area contributed by atoms with Gasteiger partial charge in [0.15, 0.2) is 5.82 Å². The molecular weight excluding hydrogens is 214 g/mol. The second kappa shape index (κ2) is 5.00. The monoisotopic (exact) mass is 235 g/mol. The Morgan fingerprint density at radius 2 is 2.06 bits per heavy atom. The predicted molar refractivity (Wildman–Crippen MR) is 68.1 cm³/mol. The molecule has 0 aromatic carbocycles. The van der Waals surface area contributed by atoms with Crippen molar-refractivity contribution in [3.05, 3.63) is 17.1 Å². The summed E-state index contributed by atoms with van der Waals surface area (Å²) in [5, 5.41) is 3.13. The minimum atomic E-state index is 0.0754. The Morgan fingerprint density at radius 3 is 2.59 bits per heavy atom. The van der Waals surface area contributed by atoms with Gasteiger partial charge in [0.05, 0.1) is 0 Å². The zero-order chi connectivity index (χ0) is 12.4. The van der Waals surface area contributed by atoms with Gasteiger partial charge >= 0.3 is 0 Å². The number of aromatic nitrogens is 2. The van der Waals surface area contributed by atoms with Gasteiger partial charge in [0.2, 0.25) is 0 Å². The Labute approximate surface area is 103 Å². The fourth-order valence-corrected chi connectivity index (χ4v) is 2.02. The van der Waals surface area contributed by atoms with Crippen molar-refractivity contribution in [1.29, 1.82) is 0 Å². The van der Waals surface area contributed by atoms with Crippen LogP contribution in [0.5, 0.6) is 0 Å². The Bertz CT molecular complexity index is 402. The molecule has 0 amide bonds. The smallest absolute Gasteiger partial charge is 0.160 e. The predicted octanol–water partition coefficient (Wildman–Crippen LogP) is 2.62. The Balaban J connectivity index is 2.32. The first-order valence-corrected chi connectivity index (χ1v) is 6.31. The van der Waals surface area contributed by atoms with Gasteiger partial charge in [-0.25, -0.2) is 9.97 Å². The standard InChI is InChI=1S/C13H21N3O/c1-5-17-11(10-6-7-10)13-15-9(3)8(2)12(14-4)16-13/h10-11H,5-7H2,1-4H3,(H,14,15,16). The maximum absolute atomic E-state index is 5.79. The van der Waals surface area contributed by atoms with E-state index in [1.165, 1.54) is 12.8 Å². The lowest BCUT2D eigenvalue weighted by Gasteiger charge is -2.17. The third kappa shape index (κ3) is 2.57. The fraction of sp³-hybridized carbons (Fsp3) is 0.692. The van der Waals surface area contributed by atoms with Crippen molar-refractivity contribution in [2.24, 2.45) is 5.92 Å². The van der Waals surface area contributed by atoms with Crippen LogP contribution in [-0.2, 0) is 4.74 Å². The van der Waals surface area contributed by atoms with Crippen molar-refractivity contribution in [3.8, 4) is 0 Å². The summed E-state index contributed by atoms with van der Waals surface area (Å²) in [6, 6.07) is 0. The van der Waals surface area contributed by atoms with Crippen LogP contribution in [0.15, 0.2) is 0 Å². The van der Waals surface area contributed by atoms with Crippen LogP contribution < -0.4 is 5.32 Å². The summed E-state index contributed by atoms with van der Waals surface area (Å²) < 4.78 is 5.79. The largest absolute Gasteiger partial charge is 0.373 e. The van der Waals surface area contributed by atoms with Crippen molar-refractivity contribution in [2.75, 3.05) is 19.0 Å². The van der Waals surface area contributed by atoms with Gasteiger partial charge in [-0.05, 0) is 39.5 Å². The molecule has 1 aromatic heterocycles. The Kier molecular flexibility index (Phi) is 3.62. The number of nitrogens with zero attached hydrogens (tertiary/aromatic N) is 2. The SMILES string of the molecule is CCOC(c1nc(C)c(C)c(NC)n1)C1CC1. The van der Waals surface area contributed by atoms with E-state index in [0.29, 0.717) is 12.5 Å². The van der Waals surface area contributed by atoms with E-state index in [0.717, 1.165) is 22.9 Å². The summed E-state index contributed by atoms with van der Waals surface area (Å²) in [6.45, 7) is 6.80. The summed E-state index contributed by atoms with van der Waals surface area (Å²) in [5.74, 6) is 2.36. The van der Waals surface area contributed by atoms with Crippen LogP contribution in [-0.4, -0.2) is 23.6 Å². The number of ether oxygens (including phenoxy) is 1. The van der Waals surface area contributed by atoms with Crippen molar-refractivity contribution >= 4 is 5.82 Å². The van der Waals surface area contributed by atoms with Crippen LogP contribution in [0.1, 0.15) is 43.0 Å². The van der Waals surface area contributed by atoms with Crippen LogP contribution in [0.4, 0.5) is 5.82 Å². The van der Waals surface area contributed by atoms with Crippen molar-refractivity contribution < 1.29 is 4.74 Å². The molecule has 1 aliphatic rings. The molecule has 4 heteroatoms. The summed E-state index contributed by atoms with van der Waals surface area (Å²) in [7, 11) is 1.89. The lowest BCUT2D eigenvalue weighted by Crippen LogP contribution is -2.14. The van der Waals surface area contributed by atoms with Gasteiger partial charge < -0.3 is 10.1 Å². The molecule has 0 bridgehead atoms. The third-order valence-corrected chi connectivity index (χ3v) is 3.29. The lowest BCUT2D eigenvalue weighted by molar-refractivity contribution is 0.0400. The van der Waals surface area contributed by atoms with Gasteiger partial charge in [0.25, 0.3) is 0 Å². The summed E-state index contributed by atoms with van der Waals surface area (Å²) in [4.78, 5) is 9.17. The molecule has 4 nitrogen and oxygen atoms in total. The van der Waals surface area contributed by atoms with E-state index in [4.69, 9.17) is 4.74 Å². The fourth-order valence-electron chi connectivity index (χ4n) is 2.02. The maximum atomic E-state index is 5.79.